The third-order valence-corrected chi connectivity index (χ3v) is 4.41. The summed E-state index contributed by atoms with van der Waals surface area (Å²) in [5.41, 5.74) is 2.63. The minimum absolute atomic E-state index is 0.238. The molecule has 2 heterocycles. The zero-order valence-corrected chi connectivity index (χ0v) is 17.9. The minimum atomic E-state index is -0.611. The van der Waals surface area contributed by atoms with E-state index >= 15 is 0 Å². The Bertz CT molecular complexity index is 990. The predicted octanol–water partition coefficient (Wildman–Crippen LogP) is 4.84. The lowest BCUT2D eigenvalue weighted by atomic mass is 10.1. The van der Waals surface area contributed by atoms with Gasteiger partial charge >= 0.3 is 6.09 Å². The van der Waals surface area contributed by atoms with Crippen LogP contribution in [-0.2, 0) is 11.3 Å². The van der Waals surface area contributed by atoms with Crippen molar-refractivity contribution >= 4 is 23.2 Å². The van der Waals surface area contributed by atoms with Crippen molar-refractivity contribution in [3.8, 4) is 0 Å². The molecule has 0 atom stereocenters. The first-order valence-electron chi connectivity index (χ1n) is 9.80. The van der Waals surface area contributed by atoms with E-state index in [0.29, 0.717) is 23.7 Å². The molecule has 0 aliphatic rings. The first-order valence-corrected chi connectivity index (χ1v) is 9.80. The Balaban J connectivity index is 2.16. The van der Waals surface area contributed by atoms with Crippen molar-refractivity contribution in [2.24, 2.45) is 0 Å². The number of anilines is 2. The number of imidazole rings is 1. The highest BCUT2D eigenvalue weighted by atomic mass is 16.6. The summed E-state index contributed by atoms with van der Waals surface area (Å²) in [5.74, 6) is 0.885. The molecule has 29 heavy (non-hydrogen) atoms. The second kappa shape index (κ2) is 8.11. The van der Waals surface area contributed by atoms with E-state index in [1.807, 2.05) is 63.4 Å². The molecule has 2 aromatic heterocycles. The monoisotopic (exact) mass is 395 g/mol. The van der Waals surface area contributed by atoms with Gasteiger partial charge in [-0.15, -0.1) is 5.10 Å². The molecule has 0 radical (unpaired) electrons. The zero-order valence-electron chi connectivity index (χ0n) is 17.9. The molecule has 0 aliphatic heterocycles. The number of fused-ring (bicyclic) bond motifs is 1. The molecular formula is C22H29N5O2. The number of aromatic nitrogens is 3. The van der Waals surface area contributed by atoms with E-state index in [9.17, 15) is 4.79 Å². The topological polar surface area (TPSA) is 71.8 Å². The van der Waals surface area contributed by atoms with Gasteiger partial charge < -0.3 is 10.1 Å². The number of hydrogen-bond acceptors (Lipinski definition) is 5. The van der Waals surface area contributed by atoms with Gasteiger partial charge in [0.1, 0.15) is 11.4 Å². The summed E-state index contributed by atoms with van der Waals surface area (Å²) in [5, 5.41) is 7.71. The molecule has 0 fully saturated rings. The van der Waals surface area contributed by atoms with Crippen LogP contribution in [0.15, 0.2) is 42.6 Å². The van der Waals surface area contributed by atoms with E-state index in [1.54, 1.807) is 16.5 Å². The number of benzene rings is 1. The van der Waals surface area contributed by atoms with Gasteiger partial charge in [0.25, 0.3) is 0 Å². The molecule has 0 unspecified atom stereocenters. The number of carbonyl (C=O) groups excluding carboxylic acids is 1. The van der Waals surface area contributed by atoms with Gasteiger partial charge in [0.05, 0.1) is 24.1 Å². The lowest BCUT2D eigenvalue weighted by Crippen LogP contribution is -2.37. The summed E-state index contributed by atoms with van der Waals surface area (Å²) < 4.78 is 7.51. The van der Waals surface area contributed by atoms with Gasteiger partial charge in [-0.3, -0.25) is 4.90 Å². The van der Waals surface area contributed by atoms with Gasteiger partial charge in [-0.05, 0) is 32.3 Å². The van der Waals surface area contributed by atoms with E-state index < -0.39 is 11.7 Å². The highest BCUT2D eigenvalue weighted by Gasteiger charge is 2.27. The molecule has 0 bridgehead atoms. The highest BCUT2D eigenvalue weighted by molar-refractivity contribution is 5.93. The normalized spacial score (nSPS) is 11.7. The summed E-state index contributed by atoms with van der Waals surface area (Å²) in [6.07, 6.45) is 1.39. The first kappa shape index (κ1) is 20.6. The lowest BCUT2D eigenvalue weighted by Gasteiger charge is -2.28. The quantitative estimate of drug-likeness (QED) is 0.669. The molecule has 1 amide bonds. The zero-order chi connectivity index (χ0) is 21.2. The Labute approximate surface area is 171 Å². The van der Waals surface area contributed by atoms with Crippen LogP contribution in [0.1, 0.15) is 51.8 Å². The molecule has 154 valence electrons. The second-order valence-electron chi connectivity index (χ2n) is 8.29. The average Bonchev–Trinajstić information content (AvgIpc) is 3.09. The largest absolute Gasteiger partial charge is 0.443 e. The first-order chi connectivity index (χ1) is 13.7. The van der Waals surface area contributed by atoms with Crippen molar-refractivity contribution in [3.05, 3.63) is 53.9 Å². The van der Waals surface area contributed by atoms with Crippen LogP contribution in [0, 0.1) is 0 Å². The maximum atomic E-state index is 13.2. The van der Waals surface area contributed by atoms with Crippen molar-refractivity contribution in [3.63, 3.8) is 0 Å². The van der Waals surface area contributed by atoms with Crippen LogP contribution >= 0.6 is 0 Å². The fourth-order valence-corrected chi connectivity index (χ4v) is 3.01. The maximum Gasteiger partial charge on any atom is 0.415 e. The molecule has 7 heteroatoms. The summed E-state index contributed by atoms with van der Waals surface area (Å²) >= 11 is 0. The average molecular weight is 396 g/mol. The highest BCUT2D eigenvalue weighted by Crippen LogP contribution is 2.29. The minimum Gasteiger partial charge on any atom is -0.443 e. The molecule has 7 nitrogen and oxygen atoms in total. The molecule has 0 spiro atoms. The number of carbonyl (C=O) groups is 1. The number of nitrogens with zero attached hydrogens (tertiary/aromatic N) is 4. The summed E-state index contributed by atoms with van der Waals surface area (Å²) in [4.78, 5) is 19.4. The number of hydrogen-bond donors (Lipinski definition) is 1. The number of rotatable bonds is 5. The van der Waals surface area contributed by atoms with E-state index in [-0.39, 0.29) is 5.92 Å². The van der Waals surface area contributed by atoms with Crippen LogP contribution in [0.5, 0.6) is 0 Å². The van der Waals surface area contributed by atoms with Crippen molar-refractivity contribution in [1.82, 2.24) is 14.6 Å². The predicted molar refractivity (Wildman–Crippen MR) is 115 cm³/mol. The molecule has 1 aromatic carbocycles. The van der Waals surface area contributed by atoms with Gasteiger partial charge in [-0.2, -0.15) is 0 Å². The Morgan fingerprint density at radius 1 is 1.24 bits per heavy atom. The van der Waals surface area contributed by atoms with Gasteiger partial charge in [-0.25, -0.2) is 14.3 Å². The summed E-state index contributed by atoms with van der Waals surface area (Å²) in [6.45, 7) is 10.1. The van der Waals surface area contributed by atoms with Crippen molar-refractivity contribution < 1.29 is 9.53 Å². The smallest absolute Gasteiger partial charge is 0.415 e. The van der Waals surface area contributed by atoms with Crippen molar-refractivity contribution in [2.45, 2.75) is 52.7 Å². The van der Waals surface area contributed by atoms with Gasteiger partial charge in [0, 0.05) is 13.1 Å². The summed E-state index contributed by atoms with van der Waals surface area (Å²) in [7, 11) is 1.80. The van der Waals surface area contributed by atoms with E-state index in [2.05, 4.69) is 29.2 Å². The number of nitrogens with one attached hydrogen (secondary N) is 1. The van der Waals surface area contributed by atoms with Crippen LogP contribution in [0.3, 0.4) is 0 Å². The third kappa shape index (κ3) is 4.67. The Morgan fingerprint density at radius 3 is 2.52 bits per heavy atom. The fraction of sp³-hybridized carbons (Fsp3) is 0.409. The van der Waals surface area contributed by atoms with Gasteiger partial charge in [-0.1, -0.05) is 44.2 Å². The molecule has 3 rings (SSSR count). The van der Waals surface area contributed by atoms with Crippen LogP contribution < -0.4 is 10.2 Å². The summed E-state index contributed by atoms with van der Waals surface area (Å²) in [6, 6.07) is 11.7. The molecule has 1 N–H and O–H groups in total. The molecule has 0 aliphatic carbocycles. The fourth-order valence-electron chi connectivity index (χ4n) is 3.01. The Kier molecular flexibility index (Phi) is 5.77. The van der Waals surface area contributed by atoms with E-state index in [0.717, 1.165) is 11.3 Å². The van der Waals surface area contributed by atoms with Gasteiger partial charge in [0.2, 0.25) is 0 Å². The SMILES string of the molecule is CNc1cc(N(Cc2ccccc2)C(=O)OC(C)(C)C)c2ncc(C(C)C)n2n1. The second-order valence-corrected chi connectivity index (χ2v) is 8.29. The van der Waals surface area contributed by atoms with E-state index in [1.165, 1.54) is 0 Å². The maximum absolute atomic E-state index is 13.2. The van der Waals surface area contributed by atoms with Crippen molar-refractivity contribution in [1.29, 1.82) is 0 Å². The van der Waals surface area contributed by atoms with Crippen LogP contribution in [0.4, 0.5) is 16.3 Å². The Hall–Kier alpha value is -3.09. The number of amides is 1. The van der Waals surface area contributed by atoms with Crippen molar-refractivity contribution in [2.75, 3.05) is 17.3 Å². The third-order valence-electron chi connectivity index (χ3n) is 4.41. The molecule has 0 saturated carbocycles. The number of ether oxygens (including phenoxy) is 1. The molecular weight excluding hydrogens is 366 g/mol. The van der Waals surface area contributed by atoms with Crippen LogP contribution in [0.25, 0.3) is 5.65 Å². The van der Waals surface area contributed by atoms with E-state index in [4.69, 9.17) is 4.74 Å². The van der Waals surface area contributed by atoms with Crippen LogP contribution in [-0.4, -0.2) is 33.3 Å². The Morgan fingerprint density at radius 2 is 1.93 bits per heavy atom. The van der Waals surface area contributed by atoms with Crippen LogP contribution in [0.2, 0.25) is 0 Å². The molecule has 0 saturated heterocycles. The standard InChI is InChI=1S/C22H29N5O2/c1-15(2)18-13-24-20-17(12-19(23-6)25-27(18)20)26(21(28)29-22(3,4)5)14-16-10-8-7-9-11-16/h7-13,15H,14H2,1-6H3,(H,23,25). The lowest BCUT2D eigenvalue weighted by molar-refractivity contribution is 0.0577. The van der Waals surface area contributed by atoms with Gasteiger partial charge in [0.15, 0.2) is 5.65 Å². The molecule has 3 aromatic rings.